The first-order chi connectivity index (χ1) is 6.74. The van der Waals surface area contributed by atoms with Gasteiger partial charge in [0.05, 0.1) is 3.74 Å². The summed E-state index contributed by atoms with van der Waals surface area (Å²) in [5, 5.41) is 3.43. The molecule has 1 nitrogen and oxygen atoms in total. The highest BCUT2D eigenvalue weighted by molar-refractivity contribution is 9.24. The van der Waals surface area contributed by atoms with E-state index in [1.165, 1.54) is 11.3 Å². The Labute approximate surface area is 103 Å². The van der Waals surface area contributed by atoms with Gasteiger partial charge in [-0.25, -0.2) is 0 Å². The summed E-state index contributed by atoms with van der Waals surface area (Å²) in [5.74, 6) is 0. The average Bonchev–Trinajstić information content (AvgIpc) is 2.16. The van der Waals surface area contributed by atoms with E-state index in [2.05, 4.69) is 68.4 Å². The fraction of sp³-hybridized carbons (Fsp3) is 0.455. The fourth-order valence-electron chi connectivity index (χ4n) is 1.30. The molecule has 3 heteroatoms. The predicted molar refractivity (Wildman–Crippen MR) is 70.6 cm³/mol. The largest absolute Gasteiger partial charge is 0.385 e. The molecule has 0 aliphatic heterocycles. The first kappa shape index (κ1) is 12.1. The summed E-state index contributed by atoms with van der Waals surface area (Å²) in [6, 6.07) is 8.44. The molecule has 0 spiro atoms. The summed E-state index contributed by atoms with van der Waals surface area (Å²) in [6.45, 7) is 3.21. The van der Waals surface area contributed by atoms with Crippen molar-refractivity contribution in [1.82, 2.24) is 0 Å². The number of para-hydroxylation sites is 1. The van der Waals surface area contributed by atoms with Crippen LogP contribution in [0.25, 0.3) is 0 Å². The number of benzene rings is 1. The van der Waals surface area contributed by atoms with Gasteiger partial charge in [-0.1, -0.05) is 57.0 Å². The second kappa shape index (κ2) is 6.46. The summed E-state index contributed by atoms with van der Waals surface area (Å²) in [5.41, 5.74) is 2.60. The third-order valence-corrected chi connectivity index (χ3v) is 2.60. The van der Waals surface area contributed by atoms with Crippen LogP contribution in [-0.4, -0.2) is 10.3 Å². The molecule has 0 bridgehead atoms. The summed E-state index contributed by atoms with van der Waals surface area (Å²) in [4.78, 5) is 0. The Hall–Kier alpha value is -0.0200. The molecule has 78 valence electrons. The zero-order valence-electron chi connectivity index (χ0n) is 8.26. The van der Waals surface area contributed by atoms with Crippen LogP contribution in [-0.2, 0) is 6.42 Å². The Balaban J connectivity index is 2.69. The van der Waals surface area contributed by atoms with Gasteiger partial charge in [0.15, 0.2) is 0 Å². The van der Waals surface area contributed by atoms with Gasteiger partial charge in [0.2, 0.25) is 0 Å². The van der Waals surface area contributed by atoms with Gasteiger partial charge in [-0.3, -0.25) is 0 Å². The van der Waals surface area contributed by atoms with Crippen LogP contribution in [0.5, 0.6) is 0 Å². The second-order valence-electron chi connectivity index (χ2n) is 3.18. The maximum Gasteiger partial charge on any atom is 0.0738 e. The van der Waals surface area contributed by atoms with Gasteiger partial charge in [0, 0.05) is 12.2 Å². The number of nitrogens with one attached hydrogen (secondary N) is 1. The molecule has 0 aliphatic rings. The molecule has 0 heterocycles. The van der Waals surface area contributed by atoms with Crippen molar-refractivity contribution in [1.29, 1.82) is 0 Å². The van der Waals surface area contributed by atoms with Crippen LogP contribution in [0.2, 0.25) is 0 Å². The zero-order chi connectivity index (χ0) is 10.4. The van der Waals surface area contributed by atoms with Crippen molar-refractivity contribution in [2.24, 2.45) is 0 Å². The summed E-state index contributed by atoms with van der Waals surface area (Å²) >= 11 is 7.00. The monoisotopic (exact) mass is 319 g/mol. The van der Waals surface area contributed by atoms with E-state index >= 15 is 0 Å². The Kier molecular flexibility index (Phi) is 5.56. The van der Waals surface area contributed by atoms with E-state index in [9.17, 15) is 0 Å². The lowest BCUT2D eigenvalue weighted by molar-refractivity contribution is 0.972. The van der Waals surface area contributed by atoms with Crippen LogP contribution in [0.4, 0.5) is 5.69 Å². The lowest BCUT2D eigenvalue weighted by Crippen LogP contribution is -2.04. The summed E-state index contributed by atoms with van der Waals surface area (Å²) in [6.07, 6.45) is 2.15. The van der Waals surface area contributed by atoms with E-state index in [1.54, 1.807) is 0 Å². The van der Waals surface area contributed by atoms with Crippen molar-refractivity contribution in [2.75, 3.05) is 11.9 Å². The Morgan fingerprint density at radius 1 is 1.29 bits per heavy atom. The molecule has 0 radical (unpaired) electrons. The van der Waals surface area contributed by atoms with Gasteiger partial charge in [-0.05, 0) is 24.5 Å². The molecule has 14 heavy (non-hydrogen) atoms. The van der Waals surface area contributed by atoms with Crippen molar-refractivity contribution in [3.63, 3.8) is 0 Å². The topological polar surface area (TPSA) is 12.0 Å². The third kappa shape index (κ3) is 4.01. The molecule has 0 atom stereocenters. The Morgan fingerprint density at radius 2 is 2.00 bits per heavy atom. The molecular formula is C11H15Br2N. The molecule has 0 saturated carbocycles. The number of hydrogen-bond acceptors (Lipinski definition) is 1. The lowest BCUT2D eigenvalue weighted by atomic mass is 10.1. The van der Waals surface area contributed by atoms with Crippen LogP contribution in [0, 0.1) is 0 Å². The quantitative estimate of drug-likeness (QED) is 0.803. The highest BCUT2D eigenvalue weighted by Crippen LogP contribution is 2.21. The number of alkyl halides is 2. The molecule has 0 aliphatic carbocycles. The van der Waals surface area contributed by atoms with E-state index in [-0.39, 0.29) is 0 Å². The first-order valence-corrected chi connectivity index (χ1v) is 6.67. The van der Waals surface area contributed by atoms with E-state index in [4.69, 9.17) is 0 Å². The van der Waals surface area contributed by atoms with Gasteiger partial charge in [-0.2, -0.15) is 0 Å². The predicted octanol–water partition coefficient (Wildman–Crippen LogP) is 4.17. The molecule has 1 aromatic carbocycles. The van der Waals surface area contributed by atoms with E-state index in [1.807, 2.05) is 0 Å². The van der Waals surface area contributed by atoms with Crippen LogP contribution < -0.4 is 5.32 Å². The highest BCUT2D eigenvalue weighted by atomic mass is 79.9. The van der Waals surface area contributed by atoms with Crippen LogP contribution >= 0.6 is 31.9 Å². The van der Waals surface area contributed by atoms with E-state index < -0.39 is 0 Å². The van der Waals surface area contributed by atoms with Crippen molar-refractivity contribution < 1.29 is 0 Å². The van der Waals surface area contributed by atoms with Crippen molar-refractivity contribution in [2.45, 2.75) is 23.5 Å². The minimum atomic E-state index is 0.347. The van der Waals surface area contributed by atoms with Gasteiger partial charge < -0.3 is 5.32 Å². The van der Waals surface area contributed by atoms with Gasteiger partial charge >= 0.3 is 0 Å². The zero-order valence-corrected chi connectivity index (χ0v) is 11.4. The van der Waals surface area contributed by atoms with Gasteiger partial charge in [0.25, 0.3) is 0 Å². The standard InChI is InChI=1S/C11H15Br2N/c1-2-7-14-10-6-4-3-5-9(10)8-11(12)13/h3-6,11,14H,2,7-8H2,1H3. The third-order valence-electron chi connectivity index (χ3n) is 1.96. The van der Waals surface area contributed by atoms with Crippen LogP contribution in [0.3, 0.4) is 0 Å². The number of anilines is 1. The molecule has 1 N–H and O–H groups in total. The minimum absolute atomic E-state index is 0.347. The van der Waals surface area contributed by atoms with E-state index in [0.29, 0.717) is 3.74 Å². The van der Waals surface area contributed by atoms with Crippen molar-refractivity contribution in [3.8, 4) is 0 Å². The Bertz CT molecular complexity index is 274. The molecule has 0 saturated heterocycles. The number of rotatable bonds is 5. The van der Waals surface area contributed by atoms with Crippen LogP contribution in [0.15, 0.2) is 24.3 Å². The normalized spacial score (nSPS) is 10.6. The fourth-order valence-corrected chi connectivity index (χ4v) is 1.99. The van der Waals surface area contributed by atoms with Crippen molar-refractivity contribution >= 4 is 37.5 Å². The minimum Gasteiger partial charge on any atom is -0.385 e. The number of halogens is 2. The Morgan fingerprint density at radius 3 is 2.64 bits per heavy atom. The summed E-state index contributed by atoms with van der Waals surface area (Å²) < 4.78 is 0.347. The molecule has 1 rings (SSSR count). The highest BCUT2D eigenvalue weighted by Gasteiger charge is 2.04. The van der Waals surface area contributed by atoms with Gasteiger partial charge in [0.1, 0.15) is 0 Å². The molecule has 0 amide bonds. The number of hydrogen-bond donors (Lipinski definition) is 1. The maximum absolute atomic E-state index is 3.50. The first-order valence-electron chi connectivity index (χ1n) is 4.84. The average molecular weight is 321 g/mol. The van der Waals surface area contributed by atoms with E-state index in [0.717, 1.165) is 19.4 Å². The smallest absolute Gasteiger partial charge is 0.0738 e. The van der Waals surface area contributed by atoms with Gasteiger partial charge in [-0.15, -0.1) is 0 Å². The SMILES string of the molecule is CCCNc1ccccc1CC(Br)Br. The molecule has 0 fully saturated rings. The van der Waals surface area contributed by atoms with Crippen molar-refractivity contribution in [3.05, 3.63) is 29.8 Å². The molecule has 1 aromatic rings. The maximum atomic E-state index is 3.50. The second-order valence-corrected chi connectivity index (χ2v) is 6.62. The molecule has 0 aromatic heterocycles. The summed E-state index contributed by atoms with van der Waals surface area (Å²) in [7, 11) is 0. The lowest BCUT2D eigenvalue weighted by Gasteiger charge is -2.11. The van der Waals surface area contributed by atoms with Crippen LogP contribution in [0.1, 0.15) is 18.9 Å². The molecule has 0 unspecified atom stereocenters. The molecular weight excluding hydrogens is 306 g/mol.